The molecule has 0 bridgehead atoms. The topological polar surface area (TPSA) is 40.5 Å². The maximum Gasteiger partial charge on any atom is 0.0889 e. The Morgan fingerprint density at radius 3 is 2.86 bits per heavy atom. The summed E-state index contributed by atoms with van der Waals surface area (Å²) in [5.41, 5.74) is 0.572. The van der Waals surface area contributed by atoms with Crippen LogP contribution in [0.5, 0.6) is 0 Å². The first-order valence-electron chi connectivity index (χ1n) is 2.29. The van der Waals surface area contributed by atoms with E-state index in [0.717, 1.165) is 0 Å². The predicted octanol–water partition coefficient (Wildman–Crippen LogP) is 0.255. The average Bonchev–Trinajstić information content (AvgIpc) is 1.83. The van der Waals surface area contributed by atoms with E-state index in [0.29, 0.717) is 5.49 Å². The van der Waals surface area contributed by atoms with Gasteiger partial charge in [0.15, 0.2) is 0 Å². The van der Waals surface area contributed by atoms with Crippen molar-refractivity contribution in [3.8, 4) is 0 Å². The maximum absolute atomic E-state index is 8.31. The molecule has 1 unspecified atom stereocenters. The Bertz CT molecular complexity index is 56.5. The van der Waals surface area contributed by atoms with Crippen molar-refractivity contribution in [2.24, 2.45) is 0 Å². The molecule has 0 heterocycles. The molecule has 0 rings (SSSR count). The zero-order chi connectivity index (χ0) is 6.41. The van der Waals surface area contributed by atoms with Gasteiger partial charge < -0.3 is 10.2 Å². The minimum absolute atomic E-state index is 0.0532. The monoisotopic (exact) mass is 141 g/mol. The van der Waals surface area contributed by atoms with Crippen LogP contribution in [0, 0.1) is 0 Å². The standard InChI is InChI=1S/C3H9O2PS/c4-1-6-3-7-2-5/h4-6H,1-3H2/i6D. The molecule has 0 amide bonds. The van der Waals surface area contributed by atoms with Crippen LogP contribution in [0.1, 0.15) is 0 Å². The van der Waals surface area contributed by atoms with Crippen LogP contribution in [0.2, 0.25) is 0 Å². The van der Waals surface area contributed by atoms with Crippen molar-refractivity contribution in [1.82, 2.24) is 0 Å². The van der Waals surface area contributed by atoms with Crippen molar-refractivity contribution >= 4 is 20.3 Å². The lowest BCUT2D eigenvalue weighted by Crippen LogP contribution is -1.74. The fourth-order valence-corrected chi connectivity index (χ4v) is 1.32. The van der Waals surface area contributed by atoms with Crippen LogP contribution in [0.15, 0.2) is 0 Å². The minimum atomic E-state index is -0.976. The highest BCUT2D eigenvalue weighted by Gasteiger charge is 1.80. The summed E-state index contributed by atoms with van der Waals surface area (Å²) in [6, 6.07) is 0. The van der Waals surface area contributed by atoms with Gasteiger partial charge in [-0.15, -0.1) is 11.8 Å². The minimum Gasteiger partial charge on any atom is -0.392 e. The Kier molecular flexibility index (Phi) is 5.58. The summed E-state index contributed by atoms with van der Waals surface area (Å²) in [5.74, 6) is 0.0533. The molecule has 0 spiro atoms. The molecule has 0 aromatic rings. The first-order valence-corrected chi connectivity index (χ1v) is 4.26. The van der Waals surface area contributed by atoms with E-state index in [2.05, 4.69) is 0 Å². The van der Waals surface area contributed by atoms with Gasteiger partial charge in [0, 0.05) is 5.49 Å². The number of rotatable bonds is 4. The third kappa shape index (κ3) is 6.70. The molecule has 0 aromatic carbocycles. The zero-order valence-electron chi connectivity index (χ0n) is 4.87. The number of aliphatic hydroxyl groups is 2. The lowest BCUT2D eigenvalue weighted by molar-refractivity contribution is 0.372. The quantitative estimate of drug-likeness (QED) is 0.435. The summed E-state index contributed by atoms with van der Waals surface area (Å²) in [6.45, 7) is 0. The van der Waals surface area contributed by atoms with E-state index in [1.54, 1.807) is 0 Å². The lowest BCUT2D eigenvalue weighted by Gasteiger charge is -1.90. The number of hydrogen-bond acceptors (Lipinski definition) is 3. The van der Waals surface area contributed by atoms with Gasteiger partial charge in [-0.3, -0.25) is 0 Å². The van der Waals surface area contributed by atoms with E-state index in [9.17, 15) is 0 Å². The molecule has 1 atom stereocenters. The molecule has 7 heavy (non-hydrogen) atoms. The van der Waals surface area contributed by atoms with E-state index in [1.807, 2.05) is 0 Å². The zero-order valence-corrected chi connectivity index (χ0v) is 5.58. The van der Waals surface area contributed by atoms with Crippen molar-refractivity contribution in [2.45, 2.75) is 0 Å². The van der Waals surface area contributed by atoms with Gasteiger partial charge >= 0.3 is 0 Å². The molecule has 44 valence electrons. The highest BCUT2D eigenvalue weighted by molar-refractivity contribution is 8.03. The molecule has 0 aromatic heterocycles. The Morgan fingerprint density at radius 1 is 1.71 bits per heavy atom. The molecular formula is C3H9O2PS. The van der Waals surface area contributed by atoms with Crippen molar-refractivity contribution in [3.05, 3.63) is 0 Å². The Labute approximate surface area is 50.4 Å². The molecule has 0 radical (unpaired) electrons. The molecule has 2 nitrogen and oxygen atoms in total. The summed E-state index contributed by atoms with van der Waals surface area (Å²) < 4.78 is 7.01. The van der Waals surface area contributed by atoms with E-state index in [1.165, 1.54) is 11.8 Å². The van der Waals surface area contributed by atoms with Crippen LogP contribution >= 0.6 is 20.3 Å². The molecule has 0 saturated carbocycles. The molecule has 0 saturated heterocycles. The van der Waals surface area contributed by atoms with Crippen molar-refractivity contribution in [1.29, 1.82) is 1.28 Å². The molecule has 2 N–H and O–H groups in total. The summed E-state index contributed by atoms with van der Waals surface area (Å²) in [6.07, 6.45) is -0.0532. The fraction of sp³-hybridized carbons (Fsp3) is 1.00. The first kappa shape index (κ1) is 5.83. The second kappa shape index (κ2) is 6.70. The first-order chi connectivity index (χ1) is 3.81. The number of hydrogen-bond donors (Lipinski definition) is 2. The van der Waals surface area contributed by atoms with Crippen LogP contribution in [-0.2, 0) is 0 Å². The van der Waals surface area contributed by atoms with Crippen LogP contribution < -0.4 is 0 Å². The van der Waals surface area contributed by atoms with Gasteiger partial charge in [-0.25, -0.2) is 0 Å². The van der Waals surface area contributed by atoms with E-state index in [4.69, 9.17) is 11.5 Å². The van der Waals surface area contributed by atoms with Gasteiger partial charge in [0.25, 0.3) is 0 Å². The number of aliphatic hydroxyl groups excluding tert-OH is 2. The van der Waals surface area contributed by atoms with Gasteiger partial charge in [-0.1, -0.05) is 8.53 Å². The summed E-state index contributed by atoms with van der Waals surface area (Å²) in [7, 11) is -0.976. The third-order valence-corrected chi connectivity index (χ3v) is 2.22. The molecule has 0 aliphatic carbocycles. The van der Waals surface area contributed by atoms with Crippen molar-refractivity contribution in [3.63, 3.8) is 0 Å². The van der Waals surface area contributed by atoms with Crippen molar-refractivity contribution < 1.29 is 10.2 Å². The number of thioether (sulfide) groups is 1. The largest absolute Gasteiger partial charge is 0.392 e. The van der Waals surface area contributed by atoms with Gasteiger partial charge in [0.1, 0.15) is 0 Å². The van der Waals surface area contributed by atoms with Gasteiger partial charge in [-0.2, -0.15) is 0 Å². The highest BCUT2D eigenvalue weighted by atomic mass is 32.2. The van der Waals surface area contributed by atoms with Gasteiger partial charge in [-0.05, 0) is 0 Å². The summed E-state index contributed by atoms with van der Waals surface area (Å²) >= 11 is 1.28. The van der Waals surface area contributed by atoms with Crippen molar-refractivity contribution in [2.75, 3.05) is 17.8 Å². The van der Waals surface area contributed by atoms with Gasteiger partial charge in [0.2, 0.25) is 0 Å². The van der Waals surface area contributed by atoms with E-state index >= 15 is 0 Å². The summed E-state index contributed by atoms with van der Waals surface area (Å²) in [5, 5.41) is 16.5. The van der Waals surface area contributed by atoms with Crippen LogP contribution in [0.4, 0.5) is 0 Å². The molecule has 0 aliphatic heterocycles. The molecule has 0 aliphatic rings. The molecular weight excluding hydrogens is 131 g/mol. The lowest BCUT2D eigenvalue weighted by atomic mass is 11.7. The highest BCUT2D eigenvalue weighted by Crippen LogP contribution is 2.14. The summed E-state index contributed by atoms with van der Waals surface area (Å²) in [4.78, 5) is 0. The predicted molar refractivity (Wildman–Crippen MR) is 34.9 cm³/mol. The normalized spacial score (nSPS) is 16.0. The fourth-order valence-electron chi connectivity index (χ4n) is 0.146. The Morgan fingerprint density at radius 2 is 2.43 bits per heavy atom. The van der Waals surface area contributed by atoms with Crippen LogP contribution in [-0.4, -0.2) is 29.3 Å². The van der Waals surface area contributed by atoms with Crippen LogP contribution in [0.25, 0.3) is 0 Å². The second-order valence-corrected chi connectivity index (χ2v) is 3.26. The third-order valence-electron chi connectivity index (χ3n) is 0.374. The smallest absolute Gasteiger partial charge is 0.0889 e. The molecule has 4 heteroatoms. The SMILES string of the molecule is [2H]P(CO)CSCO. The van der Waals surface area contributed by atoms with Gasteiger partial charge in [0.05, 0.1) is 13.6 Å². The maximum atomic E-state index is 8.31. The Hall–Kier alpha value is 0.700. The Balaban J connectivity index is 2.86. The second-order valence-electron chi connectivity index (χ2n) is 0.827. The molecule has 0 fully saturated rings. The van der Waals surface area contributed by atoms with Crippen LogP contribution in [0.3, 0.4) is 0 Å². The average molecular weight is 141 g/mol. The van der Waals surface area contributed by atoms with E-state index in [-0.39, 0.29) is 12.3 Å². The van der Waals surface area contributed by atoms with E-state index < -0.39 is 8.53 Å².